The number of aryl methyl sites for hydroxylation is 1. The Labute approximate surface area is 180 Å². The van der Waals surface area contributed by atoms with Gasteiger partial charge in [0.25, 0.3) is 0 Å². The number of carbonyl (C=O) groups excluding carboxylic acids is 2. The number of anilines is 1. The van der Waals surface area contributed by atoms with E-state index in [4.69, 9.17) is 9.26 Å². The topological polar surface area (TPSA) is 96.7 Å². The number of aromatic nitrogens is 1. The van der Waals surface area contributed by atoms with Crippen LogP contribution in [0.3, 0.4) is 0 Å². The molecule has 0 aliphatic carbocycles. The highest BCUT2D eigenvalue weighted by atomic mass is 32.2. The fourth-order valence-electron chi connectivity index (χ4n) is 3.22. The largest absolute Gasteiger partial charge is 0.376 e. The van der Waals surface area contributed by atoms with Crippen molar-refractivity contribution in [1.82, 2.24) is 15.4 Å². The summed E-state index contributed by atoms with van der Waals surface area (Å²) in [5, 5.41) is 9.24. The standard InChI is InChI=1S/C21H28N4O4S/c1-15-8-19(24-29-15)23-21(27)14-30-13-20(26)22-10-17-4-3-5-18(9-17)12-25-6-7-28-16(2)11-25/h3-5,8-9,16H,6-7,10-14H2,1-2H3,(H,22,26)(H,23,24,27). The van der Waals surface area contributed by atoms with Gasteiger partial charge in [-0.2, -0.15) is 0 Å². The van der Waals surface area contributed by atoms with E-state index in [1.807, 2.05) is 12.1 Å². The molecule has 2 amide bonds. The van der Waals surface area contributed by atoms with Crippen molar-refractivity contribution in [2.75, 3.05) is 36.5 Å². The Balaban J connectivity index is 1.35. The fraction of sp³-hybridized carbons (Fsp3) is 0.476. The van der Waals surface area contributed by atoms with Crippen LogP contribution < -0.4 is 10.6 Å². The number of thioether (sulfide) groups is 1. The van der Waals surface area contributed by atoms with Crippen LogP contribution in [0.15, 0.2) is 34.9 Å². The van der Waals surface area contributed by atoms with Gasteiger partial charge in [0, 0.05) is 32.2 Å². The molecule has 9 heteroatoms. The highest BCUT2D eigenvalue weighted by Gasteiger charge is 2.16. The highest BCUT2D eigenvalue weighted by molar-refractivity contribution is 8.00. The lowest BCUT2D eigenvalue weighted by molar-refractivity contribution is -0.118. The minimum atomic E-state index is -0.216. The zero-order chi connectivity index (χ0) is 21.3. The molecule has 1 aromatic heterocycles. The Morgan fingerprint density at radius 2 is 2.03 bits per heavy atom. The smallest absolute Gasteiger partial charge is 0.235 e. The number of nitrogens with one attached hydrogen (secondary N) is 2. The summed E-state index contributed by atoms with van der Waals surface area (Å²) in [6, 6.07) is 9.90. The third-order valence-corrected chi connectivity index (χ3v) is 5.51. The van der Waals surface area contributed by atoms with Gasteiger partial charge < -0.3 is 19.9 Å². The molecule has 0 spiro atoms. The van der Waals surface area contributed by atoms with Crippen LogP contribution in [0.25, 0.3) is 0 Å². The van der Waals surface area contributed by atoms with Crippen molar-refractivity contribution in [1.29, 1.82) is 0 Å². The van der Waals surface area contributed by atoms with Gasteiger partial charge in [-0.1, -0.05) is 29.4 Å². The highest BCUT2D eigenvalue weighted by Crippen LogP contribution is 2.12. The number of benzene rings is 1. The maximum absolute atomic E-state index is 12.1. The predicted octanol–water partition coefficient (Wildman–Crippen LogP) is 2.19. The van der Waals surface area contributed by atoms with Gasteiger partial charge in [-0.25, -0.2) is 0 Å². The molecular formula is C21H28N4O4S. The Morgan fingerprint density at radius 3 is 2.80 bits per heavy atom. The number of amides is 2. The van der Waals surface area contributed by atoms with E-state index >= 15 is 0 Å². The van der Waals surface area contributed by atoms with Crippen LogP contribution in [-0.2, 0) is 27.4 Å². The Morgan fingerprint density at radius 1 is 1.23 bits per heavy atom. The Kier molecular flexibility index (Phi) is 8.30. The quantitative estimate of drug-likeness (QED) is 0.627. The lowest BCUT2D eigenvalue weighted by Crippen LogP contribution is -2.40. The minimum Gasteiger partial charge on any atom is -0.376 e. The first kappa shape index (κ1) is 22.3. The first-order valence-electron chi connectivity index (χ1n) is 9.97. The summed E-state index contributed by atoms with van der Waals surface area (Å²) in [4.78, 5) is 26.3. The van der Waals surface area contributed by atoms with Crippen LogP contribution >= 0.6 is 11.8 Å². The molecule has 8 nitrogen and oxygen atoms in total. The van der Waals surface area contributed by atoms with Gasteiger partial charge in [-0.15, -0.1) is 11.8 Å². The summed E-state index contributed by atoms with van der Waals surface area (Å²) >= 11 is 1.26. The molecule has 1 fully saturated rings. The van der Waals surface area contributed by atoms with E-state index in [9.17, 15) is 9.59 Å². The third kappa shape index (κ3) is 7.47. The average Bonchev–Trinajstić information content (AvgIpc) is 3.11. The van der Waals surface area contributed by atoms with Crippen molar-refractivity contribution in [3.8, 4) is 0 Å². The molecule has 1 aliphatic heterocycles. The van der Waals surface area contributed by atoms with Crippen molar-refractivity contribution in [3.63, 3.8) is 0 Å². The Hall–Kier alpha value is -2.36. The van der Waals surface area contributed by atoms with Crippen LogP contribution in [0.5, 0.6) is 0 Å². The predicted molar refractivity (Wildman–Crippen MR) is 116 cm³/mol. The second kappa shape index (κ2) is 11.1. The van der Waals surface area contributed by atoms with Gasteiger partial charge in [0.2, 0.25) is 11.8 Å². The molecule has 2 heterocycles. The van der Waals surface area contributed by atoms with Crippen LogP contribution in [-0.4, -0.2) is 59.2 Å². The average molecular weight is 433 g/mol. The van der Waals surface area contributed by atoms with E-state index in [1.54, 1.807) is 13.0 Å². The zero-order valence-electron chi connectivity index (χ0n) is 17.3. The van der Waals surface area contributed by atoms with Crippen molar-refractivity contribution in [2.24, 2.45) is 0 Å². The maximum Gasteiger partial charge on any atom is 0.235 e. The second-order valence-corrected chi connectivity index (χ2v) is 8.36. The zero-order valence-corrected chi connectivity index (χ0v) is 18.2. The molecule has 2 aromatic rings. The number of carbonyl (C=O) groups is 2. The lowest BCUT2D eigenvalue weighted by Gasteiger charge is -2.31. The summed E-state index contributed by atoms with van der Waals surface area (Å²) in [6.07, 6.45) is 0.265. The molecule has 30 heavy (non-hydrogen) atoms. The van der Waals surface area contributed by atoms with Crippen LogP contribution in [0.2, 0.25) is 0 Å². The number of hydrogen-bond acceptors (Lipinski definition) is 7. The molecule has 1 atom stereocenters. The molecule has 0 radical (unpaired) electrons. The van der Waals surface area contributed by atoms with E-state index in [0.717, 1.165) is 31.8 Å². The van der Waals surface area contributed by atoms with Gasteiger partial charge in [0.05, 0.1) is 24.2 Å². The number of ether oxygens (including phenoxy) is 1. The van der Waals surface area contributed by atoms with E-state index in [-0.39, 0.29) is 29.4 Å². The number of morpholine rings is 1. The molecule has 1 unspecified atom stereocenters. The van der Waals surface area contributed by atoms with Gasteiger partial charge >= 0.3 is 0 Å². The van der Waals surface area contributed by atoms with Gasteiger partial charge in [0.15, 0.2) is 5.82 Å². The first-order chi connectivity index (χ1) is 14.5. The molecule has 2 N–H and O–H groups in total. The van der Waals surface area contributed by atoms with Crippen LogP contribution in [0, 0.1) is 6.92 Å². The number of nitrogens with zero attached hydrogens (tertiary/aromatic N) is 2. The van der Waals surface area contributed by atoms with E-state index in [1.165, 1.54) is 17.3 Å². The summed E-state index contributed by atoms with van der Waals surface area (Å²) < 4.78 is 10.5. The lowest BCUT2D eigenvalue weighted by atomic mass is 10.1. The van der Waals surface area contributed by atoms with E-state index in [0.29, 0.717) is 18.1 Å². The second-order valence-electron chi connectivity index (χ2n) is 7.38. The Bertz CT molecular complexity index is 857. The normalized spacial score (nSPS) is 16.9. The monoisotopic (exact) mass is 432 g/mol. The van der Waals surface area contributed by atoms with E-state index < -0.39 is 0 Å². The van der Waals surface area contributed by atoms with Crippen molar-refractivity contribution in [3.05, 3.63) is 47.2 Å². The van der Waals surface area contributed by atoms with Crippen molar-refractivity contribution >= 4 is 29.4 Å². The van der Waals surface area contributed by atoms with Crippen LogP contribution in [0.4, 0.5) is 5.82 Å². The molecule has 1 aliphatic rings. The summed E-state index contributed by atoms with van der Waals surface area (Å²) in [6.45, 7) is 7.83. The molecule has 1 aromatic carbocycles. The first-order valence-corrected chi connectivity index (χ1v) is 11.1. The SMILES string of the molecule is Cc1cc(NC(=O)CSCC(=O)NCc2cccc(CN3CCOC(C)C3)c2)no1. The summed E-state index contributed by atoms with van der Waals surface area (Å²) in [5.74, 6) is 1.09. The number of rotatable bonds is 9. The molecule has 1 saturated heterocycles. The molecule has 3 rings (SSSR count). The molecule has 0 saturated carbocycles. The van der Waals surface area contributed by atoms with Crippen molar-refractivity contribution < 1.29 is 18.8 Å². The third-order valence-electron chi connectivity index (χ3n) is 4.57. The molecular weight excluding hydrogens is 404 g/mol. The summed E-state index contributed by atoms with van der Waals surface area (Å²) in [5.41, 5.74) is 2.29. The molecule has 0 bridgehead atoms. The van der Waals surface area contributed by atoms with E-state index in [2.05, 4.69) is 39.7 Å². The number of hydrogen-bond donors (Lipinski definition) is 2. The molecule has 162 valence electrons. The fourth-order valence-corrected chi connectivity index (χ4v) is 3.87. The van der Waals surface area contributed by atoms with Gasteiger partial charge in [0.1, 0.15) is 5.76 Å². The maximum atomic E-state index is 12.1. The van der Waals surface area contributed by atoms with Gasteiger partial charge in [-0.05, 0) is 25.0 Å². The minimum absolute atomic E-state index is 0.0995. The van der Waals surface area contributed by atoms with Gasteiger partial charge in [-0.3, -0.25) is 14.5 Å². The summed E-state index contributed by atoms with van der Waals surface area (Å²) in [7, 11) is 0. The van der Waals surface area contributed by atoms with Crippen LogP contribution in [0.1, 0.15) is 23.8 Å². The van der Waals surface area contributed by atoms with Crippen molar-refractivity contribution in [2.45, 2.75) is 33.0 Å².